The molecule has 0 fully saturated rings. The Morgan fingerprint density at radius 2 is 1.95 bits per heavy atom. The smallest absolute Gasteiger partial charge is 0.311 e. The fourth-order valence-corrected chi connectivity index (χ4v) is 1.71. The summed E-state index contributed by atoms with van der Waals surface area (Å²) in [5.41, 5.74) is -0.0914. The number of ether oxygens (including phenoxy) is 1. The van der Waals surface area contributed by atoms with Crippen LogP contribution >= 0.6 is 0 Å². The Bertz CT molecular complexity index is 441. The molecule has 0 unspecified atom stereocenters. The van der Waals surface area contributed by atoms with Crippen LogP contribution in [0.15, 0.2) is 18.2 Å². The molecule has 0 spiro atoms. The van der Waals surface area contributed by atoms with Crippen molar-refractivity contribution in [2.45, 2.75) is 45.6 Å². The Hall–Kier alpha value is -1.62. The quantitative estimate of drug-likeness (QED) is 0.608. The topological polar surface area (TPSA) is 72.6 Å². The highest BCUT2D eigenvalue weighted by molar-refractivity contribution is 5.48. The summed E-state index contributed by atoms with van der Waals surface area (Å²) in [6.07, 6.45) is 1.82. The molecule has 0 radical (unpaired) electrons. The van der Waals surface area contributed by atoms with Crippen molar-refractivity contribution in [3.05, 3.63) is 33.9 Å². The number of aliphatic hydroxyl groups is 1. The number of benzene rings is 1. The number of rotatable bonds is 7. The minimum absolute atomic E-state index is 0.0473. The molecule has 0 aliphatic carbocycles. The first-order chi connectivity index (χ1) is 8.95. The molecular formula is C14H21NO4. The summed E-state index contributed by atoms with van der Waals surface area (Å²) in [6, 6.07) is 4.92. The fourth-order valence-electron chi connectivity index (χ4n) is 1.71. The van der Waals surface area contributed by atoms with Crippen molar-refractivity contribution in [2.75, 3.05) is 6.61 Å². The summed E-state index contributed by atoms with van der Waals surface area (Å²) in [4.78, 5) is 10.6. The molecule has 5 nitrogen and oxygen atoms in total. The van der Waals surface area contributed by atoms with Crippen LogP contribution in [-0.4, -0.2) is 22.2 Å². The third-order valence-electron chi connectivity index (χ3n) is 3.44. The number of aryl methyl sites for hydroxylation is 1. The molecule has 1 aromatic carbocycles. The van der Waals surface area contributed by atoms with Crippen LogP contribution < -0.4 is 4.74 Å². The molecule has 0 aliphatic heterocycles. The lowest BCUT2D eigenvalue weighted by Crippen LogP contribution is -2.34. The molecule has 0 saturated heterocycles. The standard InChI is InChI=1S/C14H21NO4/c1-4-11-7-8-13(12(9-11)15(17)18)19-10-14(16,5-2)6-3/h7-9,16H,4-6,10H2,1-3H3. The number of nitro groups is 1. The second kappa shape index (κ2) is 6.52. The van der Waals surface area contributed by atoms with Gasteiger partial charge in [0.05, 0.1) is 10.5 Å². The molecule has 19 heavy (non-hydrogen) atoms. The highest BCUT2D eigenvalue weighted by atomic mass is 16.6. The van der Waals surface area contributed by atoms with Gasteiger partial charge in [-0.25, -0.2) is 0 Å². The first kappa shape index (κ1) is 15.4. The van der Waals surface area contributed by atoms with E-state index in [9.17, 15) is 15.2 Å². The van der Waals surface area contributed by atoms with E-state index in [1.54, 1.807) is 12.1 Å². The van der Waals surface area contributed by atoms with Gasteiger partial charge in [-0.3, -0.25) is 10.1 Å². The average Bonchev–Trinajstić information content (AvgIpc) is 2.44. The van der Waals surface area contributed by atoms with E-state index in [4.69, 9.17) is 4.74 Å². The van der Waals surface area contributed by atoms with Gasteiger partial charge < -0.3 is 9.84 Å². The average molecular weight is 267 g/mol. The molecule has 5 heteroatoms. The molecule has 0 atom stereocenters. The lowest BCUT2D eigenvalue weighted by molar-refractivity contribution is -0.386. The molecule has 0 bridgehead atoms. The second-order valence-corrected chi connectivity index (χ2v) is 4.63. The van der Waals surface area contributed by atoms with Crippen molar-refractivity contribution >= 4 is 5.69 Å². The van der Waals surface area contributed by atoms with Gasteiger partial charge in [-0.15, -0.1) is 0 Å². The van der Waals surface area contributed by atoms with Crippen molar-refractivity contribution < 1.29 is 14.8 Å². The van der Waals surface area contributed by atoms with Crippen LogP contribution in [-0.2, 0) is 6.42 Å². The molecule has 0 aromatic heterocycles. The summed E-state index contributed by atoms with van der Waals surface area (Å²) >= 11 is 0. The Morgan fingerprint density at radius 1 is 1.32 bits per heavy atom. The van der Waals surface area contributed by atoms with E-state index in [0.29, 0.717) is 12.8 Å². The zero-order chi connectivity index (χ0) is 14.5. The van der Waals surface area contributed by atoms with Gasteiger partial charge >= 0.3 is 5.69 Å². The van der Waals surface area contributed by atoms with E-state index in [1.165, 1.54) is 6.07 Å². The van der Waals surface area contributed by atoms with E-state index >= 15 is 0 Å². The SMILES string of the molecule is CCc1ccc(OCC(O)(CC)CC)c([N+](=O)[O-])c1. The minimum Gasteiger partial charge on any atom is -0.484 e. The van der Waals surface area contributed by atoms with E-state index in [1.807, 2.05) is 20.8 Å². The van der Waals surface area contributed by atoms with Gasteiger partial charge in [-0.1, -0.05) is 26.8 Å². The maximum Gasteiger partial charge on any atom is 0.311 e. The monoisotopic (exact) mass is 267 g/mol. The van der Waals surface area contributed by atoms with Crippen LogP contribution in [0.5, 0.6) is 5.75 Å². The zero-order valence-corrected chi connectivity index (χ0v) is 11.7. The van der Waals surface area contributed by atoms with Crippen LogP contribution in [0, 0.1) is 10.1 Å². The fraction of sp³-hybridized carbons (Fsp3) is 0.571. The first-order valence-corrected chi connectivity index (χ1v) is 6.58. The largest absolute Gasteiger partial charge is 0.484 e. The second-order valence-electron chi connectivity index (χ2n) is 4.63. The van der Waals surface area contributed by atoms with Gasteiger partial charge in [0.15, 0.2) is 5.75 Å². The Kier molecular flexibility index (Phi) is 5.30. The van der Waals surface area contributed by atoms with Crippen molar-refractivity contribution in [1.29, 1.82) is 0 Å². The number of nitrogens with zero attached hydrogens (tertiary/aromatic N) is 1. The third-order valence-corrected chi connectivity index (χ3v) is 3.44. The van der Waals surface area contributed by atoms with Crippen molar-refractivity contribution in [3.8, 4) is 5.75 Å². The van der Waals surface area contributed by atoms with Crippen LogP contribution in [0.3, 0.4) is 0 Å². The first-order valence-electron chi connectivity index (χ1n) is 6.58. The maximum absolute atomic E-state index is 11.0. The van der Waals surface area contributed by atoms with Gasteiger partial charge in [0.2, 0.25) is 0 Å². The van der Waals surface area contributed by atoms with Crippen LogP contribution in [0.1, 0.15) is 39.2 Å². The van der Waals surface area contributed by atoms with Gasteiger partial charge in [-0.2, -0.15) is 0 Å². The molecular weight excluding hydrogens is 246 g/mol. The normalized spacial score (nSPS) is 11.4. The van der Waals surface area contributed by atoms with E-state index < -0.39 is 10.5 Å². The lowest BCUT2D eigenvalue weighted by atomic mass is 9.99. The number of nitro benzene ring substituents is 1. The van der Waals surface area contributed by atoms with Crippen LogP contribution in [0.2, 0.25) is 0 Å². The summed E-state index contributed by atoms with van der Waals surface area (Å²) in [7, 11) is 0. The van der Waals surface area contributed by atoms with Crippen molar-refractivity contribution in [2.24, 2.45) is 0 Å². The van der Waals surface area contributed by atoms with Crippen LogP contribution in [0.4, 0.5) is 5.69 Å². The minimum atomic E-state index is -0.933. The molecule has 0 heterocycles. The lowest BCUT2D eigenvalue weighted by Gasteiger charge is -2.24. The summed E-state index contributed by atoms with van der Waals surface area (Å²) in [5.74, 6) is 0.211. The van der Waals surface area contributed by atoms with Gasteiger partial charge in [0, 0.05) is 6.07 Å². The van der Waals surface area contributed by atoms with E-state index in [2.05, 4.69) is 0 Å². The summed E-state index contributed by atoms with van der Waals surface area (Å²) < 4.78 is 5.45. The number of hydrogen-bond acceptors (Lipinski definition) is 4. The van der Waals surface area contributed by atoms with Crippen LogP contribution in [0.25, 0.3) is 0 Å². The Balaban J connectivity index is 2.92. The summed E-state index contributed by atoms with van der Waals surface area (Å²) in [5, 5.41) is 21.1. The predicted molar refractivity (Wildman–Crippen MR) is 73.5 cm³/mol. The third kappa shape index (κ3) is 3.92. The molecule has 106 valence electrons. The zero-order valence-electron chi connectivity index (χ0n) is 11.7. The van der Waals surface area contributed by atoms with Crippen molar-refractivity contribution in [1.82, 2.24) is 0 Å². The van der Waals surface area contributed by atoms with E-state index in [0.717, 1.165) is 12.0 Å². The highest BCUT2D eigenvalue weighted by Gasteiger charge is 2.25. The van der Waals surface area contributed by atoms with Gasteiger partial charge in [0.1, 0.15) is 6.61 Å². The molecule has 0 amide bonds. The summed E-state index contributed by atoms with van der Waals surface area (Å²) in [6.45, 7) is 5.72. The Morgan fingerprint density at radius 3 is 2.42 bits per heavy atom. The molecule has 1 rings (SSSR count). The number of hydrogen-bond donors (Lipinski definition) is 1. The maximum atomic E-state index is 11.0. The van der Waals surface area contributed by atoms with Gasteiger partial charge in [-0.05, 0) is 30.9 Å². The predicted octanol–water partition coefficient (Wildman–Crippen LogP) is 3.09. The molecule has 0 aliphatic rings. The Labute approximate surface area is 113 Å². The molecule has 0 saturated carbocycles. The molecule has 1 N–H and O–H groups in total. The van der Waals surface area contributed by atoms with Crippen molar-refractivity contribution in [3.63, 3.8) is 0 Å². The highest BCUT2D eigenvalue weighted by Crippen LogP contribution is 2.29. The van der Waals surface area contributed by atoms with E-state index in [-0.39, 0.29) is 18.0 Å². The van der Waals surface area contributed by atoms with Gasteiger partial charge in [0.25, 0.3) is 0 Å². The molecule has 1 aromatic rings.